The van der Waals surface area contributed by atoms with Crippen LogP contribution in [-0.4, -0.2) is 25.0 Å². The molecule has 0 spiro atoms. The van der Waals surface area contributed by atoms with Crippen LogP contribution in [0.5, 0.6) is 5.75 Å². The normalized spacial score (nSPS) is 19.1. The zero-order chi connectivity index (χ0) is 25.2. The number of allylic oxidation sites excluding steroid dienone is 1. The molecule has 1 aliphatic carbocycles. The minimum atomic E-state index is -0.387. The van der Waals surface area contributed by atoms with E-state index in [1.54, 1.807) is 0 Å². The molecule has 2 aromatic rings. The van der Waals surface area contributed by atoms with Gasteiger partial charge in [-0.2, -0.15) is 0 Å². The molecule has 1 aliphatic rings. The van der Waals surface area contributed by atoms with Crippen molar-refractivity contribution < 1.29 is 19.1 Å². The van der Waals surface area contributed by atoms with Gasteiger partial charge in [-0.15, -0.1) is 0 Å². The van der Waals surface area contributed by atoms with E-state index < -0.39 is 0 Å². The summed E-state index contributed by atoms with van der Waals surface area (Å²) >= 11 is 0. The Labute approximate surface area is 210 Å². The SMILES string of the molecule is C=CC(=O)OCCCCOc1ccc(Cc2ccc(/C=C3/C(=O)[C@H](C(C)C)CC[C@H]3C)cc2)cc1. The van der Waals surface area contributed by atoms with E-state index in [1.165, 1.54) is 17.2 Å². The van der Waals surface area contributed by atoms with Gasteiger partial charge in [0.05, 0.1) is 13.2 Å². The van der Waals surface area contributed by atoms with Gasteiger partial charge in [-0.3, -0.25) is 4.79 Å². The van der Waals surface area contributed by atoms with Gasteiger partial charge in [0.2, 0.25) is 0 Å². The number of unbranched alkanes of at least 4 members (excludes halogenated alkanes) is 1. The van der Waals surface area contributed by atoms with Gasteiger partial charge >= 0.3 is 5.97 Å². The number of hydrogen-bond donors (Lipinski definition) is 0. The summed E-state index contributed by atoms with van der Waals surface area (Å²) in [5.41, 5.74) is 4.53. The Morgan fingerprint density at radius 3 is 2.26 bits per heavy atom. The second-order valence-electron chi connectivity index (χ2n) is 9.78. The fourth-order valence-corrected chi connectivity index (χ4v) is 4.50. The van der Waals surface area contributed by atoms with Crippen LogP contribution in [0.3, 0.4) is 0 Å². The Hall–Kier alpha value is -3.14. The van der Waals surface area contributed by atoms with Crippen LogP contribution in [0.4, 0.5) is 0 Å². The number of ether oxygens (including phenoxy) is 2. The van der Waals surface area contributed by atoms with Crippen molar-refractivity contribution in [1.82, 2.24) is 0 Å². The third kappa shape index (κ3) is 7.95. The minimum absolute atomic E-state index is 0.158. The van der Waals surface area contributed by atoms with E-state index in [0.717, 1.165) is 49.0 Å². The fourth-order valence-electron chi connectivity index (χ4n) is 4.50. The quantitative estimate of drug-likeness (QED) is 0.204. The molecule has 0 radical (unpaired) electrons. The van der Waals surface area contributed by atoms with Gasteiger partial charge in [0, 0.05) is 12.0 Å². The van der Waals surface area contributed by atoms with Gasteiger partial charge in [0.1, 0.15) is 5.75 Å². The first-order valence-corrected chi connectivity index (χ1v) is 12.7. The van der Waals surface area contributed by atoms with Crippen LogP contribution in [0.15, 0.2) is 66.8 Å². The summed E-state index contributed by atoms with van der Waals surface area (Å²) in [5, 5.41) is 0. The van der Waals surface area contributed by atoms with Crippen molar-refractivity contribution in [3.63, 3.8) is 0 Å². The maximum Gasteiger partial charge on any atom is 0.330 e. The molecule has 0 unspecified atom stereocenters. The molecule has 2 aromatic carbocycles. The van der Waals surface area contributed by atoms with Crippen LogP contribution in [0.2, 0.25) is 0 Å². The lowest BCUT2D eigenvalue weighted by Gasteiger charge is -2.30. The third-order valence-electron chi connectivity index (χ3n) is 6.72. The molecule has 1 fully saturated rings. The summed E-state index contributed by atoms with van der Waals surface area (Å²) in [6.45, 7) is 10.8. The third-order valence-corrected chi connectivity index (χ3v) is 6.72. The molecule has 1 saturated carbocycles. The summed E-state index contributed by atoms with van der Waals surface area (Å²) in [4.78, 5) is 24.0. The van der Waals surface area contributed by atoms with Crippen LogP contribution in [0.25, 0.3) is 6.08 Å². The average molecular weight is 475 g/mol. The van der Waals surface area contributed by atoms with Gasteiger partial charge in [-0.25, -0.2) is 4.79 Å². The molecule has 4 nitrogen and oxygen atoms in total. The topological polar surface area (TPSA) is 52.6 Å². The van der Waals surface area contributed by atoms with Gasteiger partial charge in [0.25, 0.3) is 0 Å². The predicted octanol–water partition coefficient (Wildman–Crippen LogP) is 6.82. The molecule has 0 heterocycles. The number of hydrogen-bond acceptors (Lipinski definition) is 4. The van der Waals surface area contributed by atoms with Gasteiger partial charge in [-0.1, -0.05) is 63.7 Å². The summed E-state index contributed by atoms with van der Waals surface area (Å²) in [7, 11) is 0. The molecule has 35 heavy (non-hydrogen) atoms. The molecule has 0 amide bonds. The van der Waals surface area contributed by atoms with Crippen LogP contribution in [0, 0.1) is 17.8 Å². The average Bonchev–Trinajstić information content (AvgIpc) is 2.85. The summed E-state index contributed by atoms with van der Waals surface area (Å²) in [6, 6.07) is 16.7. The minimum Gasteiger partial charge on any atom is -0.494 e. The molecule has 4 heteroatoms. The van der Waals surface area contributed by atoms with Crippen LogP contribution < -0.4 is 4.74 Å². The molecule has 0 aliphatic heterocycles. The molecule has 2 atom stereocenters. The maximum absolute atomic E-state index is 13.0. The first kappa shape index (κ1) is 26.5. The molecule has 3 rings (SSSR count). The zero-order valence-corrected chi connectivity index (χ0v) is 21.3. The van der Waals surface area contributed by atoms with E-state index in [-0.39, 0.29) is 11.9 Å². The highest BCUT2D eigenvalue weighted by molar-refractivity contribution is 6.02. The Morgan fingerprint density at radius 2 is 1.63 bits per heavy atom. The molecular weight excluding hydrogens is 436 g/mol. The van der Waals surface area contributed by atoms with Crippen molar-refractivity contribution >= 4 is 17.8 Å². The summed E-state index contributed by atoms with van der Waals surface area (Å²) in [6.07, 6.45) is 7.78. The first-order valence-electron chi connectivity index (χ1n) is 12.7. The molecule has 0 N–H and O–H groups in total. The van der Waals surface area contributed by atoms with E-state index in [4.69, 9.17) is 9.47 Å². The lowest BCUT2D eigenvalue weighted by atomic mass is 9.73. The Morgan fingerprint density at radius 1 is 1.00 bits per heavy atom. The van der Waals surface area contributed by atoms with Crippen molar-refractivity contribution in [3.05, 3.63) is 83.4 Å². The monoisotopic (exact) mass is 474 g/mol. The lowest BCUT2D eigenvalue weighted by molar-refractivity contribution is -0.137. The number of rotatable bonds is 11. The van der Waals surface area contributed by atoms with Gasteiger partial charge in [-0.05, 0) is 84.4 Å². The van der Waals surface area contributed by atoms with E-state index >= 15 is 0 Å². The highest BCUT2D eigenvalue weighted by Gasteiger charge is 2.32. The van der Waals surface area contributed by atoms with E-state index in [0.29, 0.717) is 30.8 Å². The highest BCUT2D eigenvalue weighted by Crippen LogP contribution is 2.35. The van der Waals surface area contributed by atoms with Crippen molar-refractivity contribution in [2.45, 2.75) is 52.9 Å². The number of carbonyl (C=O) groups is 2. The summed E-state index contributed by atoms with van der Waals surface area (Å²) < 4.78 is 10.7. The smallest absolute Gasteiger partial charge is 0.330 e. The Balaban J connectivity index is 1.50. The molecule has 186 valence electrons. The van der Waals surface area contributed by atoms with E-state index in [2.05, 4.69) is 69.8 Å². The molecule has 0 saturated heterocycles. The number of ketones is 1. The van der Waals surface area contributed by atoms with E-state index in [1.807, 2.05) is 12.1 Å². The van der Waals surface area contributed by atoms with Gasteiger partial charge in [0.15, 0.2) is 5.78 Å². The maximum atomic E-state index is 13.0. The summed E-state index contributed by atoms with van der Waals surface area (Å²) in [5.74, 6) is 1.66. The lowest BCUT2D eigenvalue weighted by Crippen LogP contribution is -2.30. The number of carbonyl (C=O) groups excluding carboxylic acids is 2. The number of Topliss-reactive ketones (excluding diaryl/α,β-unsaturated/α-hetero) is 1. The van der Waals surface area contributed by atoms with Crippen LogP contribution >= 0.6 is 0 Å². The van der Waals surface area contributed by atoms with Crippen molar-refractivity contribution in [1.29, 1.82) is 0 Å². The zero-order valence-electron chi connectivity index (χ0n) is 21.3. The molecule has 0 bridgehead atoms. The molecular formula is C31H38O4. The fraction of sp³-hybridized carbons (Fsp3) is 0.419. The largest absolute Gasteiger partial charge is 0.494 e. The van der Waals surface area contributed by atoms with Crippen molar-refractivity contribution in [3.8, 4) is 5.75 Å². The van der Waals surface area contributed by atoms with Crippen molar-refractivity contribution in [2.75, 3.05) is 13.2 Å². The standard InChI is InChI=1S/C31H38O4/c1-5-30(32)35-19-7-6-18-34-27-15-13-25(14-16-27)20-24-9-11-26(12-10-24)21-29-23(4)8-17-28(22(2)3)31(29)33/h5,9-16,21-23,28H,1,6-8,17-20H2,2-4H3/b29-21+/t23-,28+/m1/s1. The second kappa shape index (κ2) is 13.1. The highest BCUT2D eigenvalue weighted by atomic mass is 16.5. The first-order chi connectivity index (χ1) is 16.9. The van der Waals surface area contributed by atoms with Gasteiger partial charge < -0.3 is 9.47 Å². The van der Waals surface area contributed by atoms with Crippen molar-refractivity contribution in [2.24, 2.45) is 17.8 Å². The van der Waals surface area contributed by atoms with E-state index in [9.17, 15) is 9.59 Å². The molecule has 0 aromatic heterocycles. The number of benzene rings is 2. The predicted molar refractivity (Wildman–Crippen MR) is 141 cm³/mol. The Kier molecular flexibility index (Phi) is 9.89. The number of esters is 1. The second-order valence-corrected chi connectivity index (χ2v) is 9.78. The Bertz CT molecular complexity index is 1010. The van der Waals surface area contributed by atoms with Crippen LogP contribution in [-0.2, 0) is 20.7 Å². The van der Waals surface area contributed by atoms with Crippen LogP contribution in [0.1, 0.15) is 63.1 Å².